The summed E-state index contributed by atoms with van der Waals surface area (Å²) in [6.07, 6.45) is 2.84. The first-order valence-electron chi connectivity index (χ1n) is 9.86. The average molecular weight is 455 g/mol. The molecule has 3 amide bonds. The average Bonchev–Trinajstić information content (AvgIpc) is 2.77. The number of carbonyl (C=O) groups is 3. The lowest BCUT2D eigenvalue weighted by atomic mass is 10.1. The number of benzene rings is 2. The molecule has 168 valence electrons. The van der Waals surface area contributed by atoms with E-state index in [0.29, 0.717) is 11.4 Å². The lowest BCUT2D eigenvalue weighted by Gasteiger charge is -2.10. The Kier molecular flexibility index (Phi) is 9.37. The van der Waals surface area contributed by atoms with Crippen LogP contribution in [0.4, 0.5) is 5.69 Å². The second kappa shape index (κ2) is 12.2. The van der Waals surface area contributed by atoms with Crippen LogP contribution >= 0.6 is 12.2 Å². The monoisotopic (exact) mass is 454 g/mol. The highest BCUT2D eigenvalue weighted by atomic mass is 32.1. The molecule has 0 spiro atoms. The lowest BCUT2D eigenvalue weighted by Crippen LogP contribution is -2.48. The molecule has 0 aliphatic heterocycles. The number of carbonyl (C=O) groups excluding carboxylic acids is 3. The topological polar surface area (TPSA) is 109 Å². The number of methoxy groups -OCH3 is 1. The number of hydrogen-bond donors (Lipinski definition) is 4. The first-order valence-corrected chi connectivity index (χ1v) is 10.3. The molecule has 0 bridgehead atoms. The van der Waals surface area contributed by atoms with Gasteiger partial charge >= 0.3 is 0 Å². The number of ether oxygens (including phenoxy) is 1. The molecule has 0 aliphatic carbocycles. The summed E-state index contributed by atoms with van der Waals surface area (Å²) in [5.74, 6) is -0.566. The van der Waals surface area contributed by atoms with Crippen LogP contribution in [0.1, 0.15) is 29.5 Å². The number of rotatable bonds is 7. The largest absolute Gasteiger partial charge is 0.496 e. The molecule has 0 fully saturated rings. The summed E-state index contributed by atoms with van der Waals surface area (Å²) in [7, 11) is 1.54. The summed E-state index contributed by atoms with van der Waals surface area (Å²) in [5.41, 5.74) is 8.39. The number of nitrogens with one attached hydrogen (secondary N) is 4. The Morgan fingerprint density at radius 1 is 0.969 bits per heavy atom. The Morgan fingerprint density at radius 3 is 2.41 bits per heavy atom. The highest BCUT2D eigenvalue weighted by molar-refractivity contribution is 7.80. The van der Waals surface area contributed by atoms with Crippen LogP contribution in [0.5, 0.6) is 5.75 Å². The Labute approximate surface area is 192 Å². The van der Waals surface area contributed by atoms with Gasteiger partial charge in [0, 0.05) is 30.2 Å². The second-order valence-corrected chi connectivity index (χ2v) is 7.32. The first kappa shape index (κ1) is 24.5. The third kappa shape index (κ3) is 8.19. The zero-order chi connectivity index (χ0) is 23.5. The van der Waals surface area contributed by atoms with Crippen molar-refractivity contribution in [1.29, 1.82) is 0 Å². The molecule has 0 aromatic heterocycles. The lowest BCUT2D eigenvalue weighted by molar-refractivity contribution is -0.124. The summed E-state index contributed by atoms with van der Waals surface area (Å²) >= 11 is 4.98. The van der Waals surface area contributed by atoms with Crippen molar-refractivity contribution in [3.63, 3.8) is 0 Å². The molecule has 32 heavy (non-hydrogen) atoms. The van der Waals surface area contributed by atoms with Crippen molar-refractivity contribution in [2.75, 3.05) is 12.4 Å². The van der Waals surface area contributed by atoms with Gasteiger partial charge in [-0.1, -0.05) is 24.3 Å². The van der Waals surface area contributed by atoms with Crippen LogP contribution in [0.25, 0.3) is 6.08 Å². The van der Waals surface area contributed by atoms with E-state index in [0.717, 1.165) is 16.7 Å². The van der Waals surface area contributed by atoms with Crippen LogP contribution in [0.3, 0.4) is 0 Å². The molecule has 0 heterocycles. The van der Waals surface area contributed by atoms with Crippen molar-refractivity contribution < 1.29 is 19.1 Å². The molecule has 0 unspecified atom stereocenters. The summed E-state index contributed by atoms with van der Waals surface area (Å²) in [6, 6.07) is 12.8. The molecule has 9 heteroatoms. The molecule has 8 nitrogen and oxygen atoms in total. The maximum absolute atomic E-state index is 12.0. The van der Waals surface area contributed by atoms with Crippen molar-refractivity contribution in [2.24, 2.45) is 0 Å². The van der Waals surface area contributed by atoms with Crippen molar-refractivity contribution >= 4 is 46.8 Å². The number of anilines is 1. The van der Waals surface area contributed by atoms with Gasteiger partial charge in [-0.05, 0) is 61.5 Å². The zero-order valence-electron chi connectivity index (χ0n) is 18.2. The third-order valence-electron chi connectivity index (χ3n) is 4.48. The van der Waals surface area contributed by atoms with Crippen LogP contribution < -0.4 is 26.2 Å². The zero-order valence-corrected chi connectivity index (χ0v) is 19.0. The minimum absolute atomic E-state index is 0.00120. The molecule has 2 aromatic carbocycles. The summed E-state index contributed by atoms with van der Waals surface area (Å²) in [4.78, 5) is 35.9. The van der Waals surface area contributed by atoms with Crippen LogP contribution in [0, 0.1) is 13.8 Å². The molecule has 0 aliphatic rings. The summed E-state index contributed by atoms with van der Waals surface area (Å²) in [5, 5.41) is 5.09. The van der Waals surface area contributed by atoms with E-state index >= 15 is 0 Å². The molecule has 2 aromatic rings. The van der Waals surface area contributed by atoms with Crippen molar-refractivity contribution in [1.82, 2.24) is 16.2 Å². The van der Waals surface area contributed by atoms with E-state index in [9.17, 15) is 14.4 Å². The minimum atomic E-state index is -0.476. The summed E-state index contributed by atoms with van der Waals surface area (Å²) < 4.78 is 5.21. The molecule has 2 rings (SSSR count). The van der Waals surface area contributed by atoms with Gasteiger partial charge in [-0.15, -0.1) is 0 Å². The molecule has 0 atom stereocenters. The molecule has 0 radical (unpaired) electrons. The van der Waals surface area contributed by atoms with E-state index in [1.165, 1.54) is 6.08 Å². The van der Waals surface area contributed by atoms with E-state index in [-0.39, 0.29) is 23.9 Å². The highest BCUT2D eigenvalue weighted by Crippen LogP contribution is 2.18. The Hall–Kier alpha value is -3.72. The number of amides is 3. The quantitative estimate of drug-likeness (QED) is 0.291. The van der Waals surface area contributed by atoms with Gasteiger partial charge in [0.15, 0.2) is 5.11 Å². The predicted octanol–water partition coefficient (Wildman–Crippen LogP) is 2.77. The summed E-state index contributed by atoms with van der Waals surface area (Å²) in [6.45, 7) is 3.95. The van der Waals surface area contributed by atoms with E-state index in [1.807, 2.05) is 44.2 Å². The van der Waals surface area contributed by atoms with Crippen molar-refractivity contribution in [3.05, 3.63) is 65.2 Å². The third-order valence-corrected chi connectivity index (χ3v) is 4.68. The van der Waals surface area contributed by atoms with Crippen molar-refractivity contribution in [2.45, 2.75) is 26.7 Å². The van der Waals surface area contributed by atoms with E-state index in [4.69, 9.17) is 17.0 Å². The molecular formula is C23H26N4O4S. The van der Waals surface area contributed by atoms with Crippen LogP contribution in [-0.2, 0) is 14.4 Å². The van der Waals surface area contributed by atoms with E-state index in [2.05, 4.69) is 21.5 Å². The molecule has 0 saturated carbocycles. The van der Waals surface area contributed by atoms with Gasteiger partial charge in [0.2, 0.25) is 17.7 Å². The molecule has 4 N–H and O–H groups in total. The van der Waals surface area contributed by atoms with Gasteiger partial charge in [0.05, 0.1) is 7.11 Å². The van der Waals surface area contributed by atoms with Gasteiger partial charge in [-0.25, -0.2) is 0 Å². The SMILES string of the molecule is COc1ccccc1C=CC(=O)NC(=S)NNC(=O)CCC(=O)Nc1ccc(C)c(C)c1. The van der Waals surface area contributed by atoms with E-state index < -0.39 is 11.8 Å². The number of hydrazine groups is 1. The Morgan fingerprint density at radius 2 is 1.69 bits per heavy atom. The minimum Gasteiger partial charge on any atom is -0.496 e. The number of para-hydroxylation sites is 1. The second-order valence-electron chi connectivity index (χ2n) is 6.91. The maximum Gasteiger partial charge on any atom is 0.250 e. The molecule has 0 saturated heterocycles. The van der Waals surface area contributed by atoms with Crippen LogP contribution in [0.15, 0.2) is 48.5 Å². The number of hydrogen-bond acceptors (Lipinski definition) is 5. The van der Waals surface area contributed by atoms with Gasteiger partial charge in [-0.2, -0.15) is 0 Å². The Bertz CT molecular complexity index is 1040. The van der Waals surface area contributed by atoms with Crippen molar-refractivity contribution in [3.8, 4) is 5.75 Å². The van der Waals surface area contributed by atoms with Crippen LogP contribution in [-0.4, -0.2) is 29.9 Å². The van der Waals surface area contributed by atoms with E-state index in [1.54, 1.807) is 25.3 Å². The standard InChI is InChI=1S/C23H26N4O4S/c1-15-8-10-18(14-16(15)2)24-20(28)12-13-22(30)26-27-23(32)25-21(29)11-9-17-6-4-5-7-19(17)31-3/h4-11,14H,12-13H2,1-3H3,(H,24,28)(H,26,30)(H2,25,27,29,32). The first-order chi connectivity index (χ1) is 15.3. The normalized spacial score (nSPS) is 10.3. The fourth-order valence-electron chi connectivity index (χ4n) is 2.61. The van der Waals surface area contributed by atoms with Gasteiger partial charge in [0.25, 0.3) is 0 Å². The number of aryl methyl sites for hydroxylation is 2. The smallest absolute Gasteiger partial charge is 0.250 e. The fraction of sp³-hybridized carbons (Fsp3) is 0.217. The number of thiocarbonyl (C=S) groups is 1. The van der Waals surface area contributed by atoms with Crippen LogP contribution in [0.2, 0.25) is 0 Å². The van der Waals surface area contributed by atoms with Gasteiger partial charge in [-0.3, -0.25) is 30.6 Å². The predicted molar refractivity (Wildman–Crippen MR) is 128 cm³/mol. The highest BCUT2D eigenvalue weighted by Gasteiger charge is 2.09. The van der Waals surface area contributed by atoms with Gasteiger partial charge < -0.3 is 10.1 Å². The molecular weight excluding hydrogens is 428 g/mol. The fourth-order valence-corrected chi connectivity index (χ4v) is 2.76. The maximum atomic E-state index is 12.0. The Balaban J connectivity index is 1.70. The van der Waals surface area contributed by atoms with Gasteiger partial charge in [0.1, 0.15) is 5.75 Å².